The lowest BCUT2D eigenvalue weighted by molar-refractivity contribution is 0.0425. The zero-order valence-corrected chi connectivity index (χ0v) is 18.8. The van der Waals surface area contributed by atoms with E-state index in [-0.39, 0.29) is 23.3 Å². The van der Waals surface area contributed by atoms with Crippen molar-refractivity contribution >= 4 is 11.8 Å². The predicted molar refractivity (Wildman–Crippen MR) is 119 cm³/mol. The topological polar surface area (TPSA) is 49.4 Å². The molecule has 0 bridgehead atoms. The Balaban J connectivity index is 2.50. The number of amides is 2. The standard InChI is InChI=1S/C25H34N2O2/c1-8-11-22(25(5,6)7)26-27(24(29)21-13-10-9-12-19(21)4)23(28)20-15-17(2)14-18(3)16-20/h9-10,12-16,22,26H,8,11H2,1-7H3/t22-/m0/s1. The number of carbonyl (C=O) groups is 2. The first-order valence-corrected chi connectivity index (χ1v) is 10.3. The molecule has 0 heterocycles. The number of nitrogens with zero attached hydrogens (tertiary/aromatic N) is 1. The normalized spacial score (nSPS) is 12.5. The second-order valence-electron chi connectivity index (χ2n) is 8.97. The molecular weight excluding hydrogens is 360 g/mol. The number of hydrogen-bond donors (Lipinski definition) is 1. The van der Waals surface area contributed by atoms with Crippen molar-refractivity contribution in [3.63, 3.8) is 0 Å². The number of benzene rings is 2. The Kier molecular flexibility index (Phi) is 7.37. The lowest BCUT2D eigenvalue weighted by Crippen LogP contribution is -2.55. The second kappa shape index (κ2) is 9.36. The van der Waals surface area contributed by atoms with Crippen LogP contribution in [0.2, 0.25) is 0 Å². The van der Waals surface area contributed by atoms with Gasteiger partial charge in [-0.05, 0) is 56.4 Å². The molecule has 0 aliphatic rings. The summed E-state index contributed by atoms with van der Waals surface area (Å²) in [5.74, 6) is -0.645. The first kappa shape index (κ1) is 22.8. The molecule has 1 N–H and O–H groups in total. The van der Waals surface area contributed by atoms with E-state index in [0.29, 0.717) is 11.1 Å². The molecule has 1 atom stereocenters. The summed E-state index contributed by atoms with van der Waals surface area (Å²) in [5, 5.41) is 1.22. The van der Waals surface area contributed by atoms with Crippen molar-refractivity contribution in [2.75, 3.05) is 0 Å². The minimum absolute atomic E-state index is 0.0182. The van der Waals surface area contributed by atoms with Crippen molar-refractivity contribution in [1.29, 1.82) is 0 Å². The van der Waals surface area contributed by atoms with E-state index in [1.54, 1.807) is 6.07 Å². The molecule has 0 aromatic heterocycles. The van der Waals surface area contributed by atoms with Gasteiger partial charge < -0.3 is 0 Å². The van der Waals surface area contributed by atoms with E-state index in [0.717, 1.165) is 29.5 Å². The van der Waals surface area contributed by atoms with Gasteiger partial charge in [-0.15, -0.1) is 0 Å². The minimum atomic E-state index is -0.324. The van der Waals surface area contributed by atoms with Crippen LogP contribution in [0.1, 0.15) is 77.9 Å². The summed E-state index contributed by atoms with van der Waals surface area (Å²) in [5.41, 5.74) is 7.07. The Labute approximate surface area is 175 Å². The van der Waals surface area contributed by atoms with Crippen LogP contribution in [-0.4, -0.2) is 22.9 Å². The molecule has 0 radical (unpaired) electrons. The summed E-state index contributed by atoms with van der Waals surface area (Å²) >= 11 is 0. The van der Waals surface area contributed by atoms with E-state index in [1.165, 1.54) is 5.01 Å². The van der Waals surface area contributed by atoms with Gasteiger partial charge in [0.15, 0.2) is 0 Å². The summed E-state index contributed by atoms with van der Waals surface area (Å²) in [6.07, 6.45) is 1.82. The summed E-state index contributed by atoms with van der Waals surface area (Å²) in [6.45, 7) is 14.3. The van der Waals surface area contributed by atoms with Crippen LogP contribution >= 0.6 is 0 Å². The number of carbonyl (C=O) groups excluding carboxylic acids is 2. The average Bonchev–Trinajstić information content (AvgIpc) is 2.62. The summed E-state index contributed by atoms with van der Waals surface area (Å²) in [6, 6.07) is 13.1. The predicted octanol–water partition coefficient (Wildman–Crippen LogP) is 5.61. The highest BCUT2D eigenvalue weighted by Gasteiger charge is 2.32. The number of nitrogens with one attached hydrogen (secondary N) is 1. The Morgan fingerprint density at radius 3 is 2.07 bits per heavy atom. The van der Waals surface area contributed by atoms with Gasteiger partial charge in [0, 0.05) is 17.2 Å². The lowest BCUT2D eigenvalue weighted by atomic mass is 9.84. The van der Waals surface area contributed by atoms with E-state index < -0.39 is 0 Å². The monoisotopic (exact) mass is 394 g/mol. The molecule has 0 unspecified atom stereocenters. The molecule has 2 amide bonds. The molecule has 2 aromatic carbocycles. The molecule has 0 saturated carbocycles. The van der Waals surface area contributed by atoms with E-state index in [1.807, 2.05) is 57.2 Å². The van der Waals surface area contributed by atoms with Gasteiger partial charge in [-0.1, -0.05) is 69.5 Å². The van der Waals surface area contributed by atoms with E-state index in [9.17, 15) is 9.59 Å². The van der Waals surface area contributed by atoms with Crippen LogP contribution in [0.3, 0.4) is 0 Å². The molecule has 4 heteroatoms. The zero-order valence-electron chi connectivity index (χ0n) is 18.8. The average molecular weight is 395 g/mol. The van der Waals surface area contributed by atoms with Gasteiger partial charge in [0.25, 0.3) is 11.8 Å². The Hall–Kier alpha value is -2.46. The molecule has 4 nitrogen and oxygen atoms in total. The molecule has 0 aliphatic carbocycles. The van der Waals surface area contributed by atoms with Crippen molar-refractivity contribution in [3.05, 3.63) is 70.3 Å². The molecule has 29 heavy (non-hydrogen) atoms. The third-order valence-electron chi connectivity index (χ3n) is 5.16. The molecule has 0 aliphatic heterocycles. The SMILES string of the molecule is CCC[C@H](NN(C(=O)c1cc(C)cc(C)c1)C(=O)c1ccccc1C)C(C)(C)C. The molecule has 2 rings (SSSR count). The van der Waals surface area contributed by atoms with Crippen molar-refractivity contribution in [2.45, 2.75) is 67.3 Å². The Morgan fingerprint density at radius 2 is 1.55 bits per heavy atom. The lowest BCUT2D eigenvalue weighted by Gasteiger charge is -2.36. The molecule has 2 aromatic rings. The third-order valence-corrected chi connectivity index (χ3v) is 5.16. The summed E-state index contributed by atoms with van der Waals surface area (Å²) in [4.78, 5) is 26.9. The maximum atomic E-state index is 13.5. The maximum Gasteiger partial charge on any atom is 0.275 e. The van der Waals surface area contributed by atoms with Gasteiger partial charge in [0.05, 0.1) is 0 Å². The highest BCUT2D eigenvalue weighted by atomic mass is 16.2. The van der Waals surface area contributed by atoms with Gasteiger partial charge in [-0.2, -0.15) is 0 Å². The molecule has 0 fully saturated rings. The number of imide groups is 1. The van der Waals surface area contributed by atoms with E-state index in [2.05, 4.69) is 33.1 Å². The van der Waals surface area contributed by atoms with Crippen LogP contribution < -0.4 is 5.43 Å². The van der Waals surface area contributed by atoms with Crippen molar-refractivity contribution in [2.24, 2.45) is 5.41 Å². The van der Waals surface area contributed by atoms with Crippen molar-refractivity contribution in [3.8, 4) is 0 Å². The maximum absolute atomic E-state index is 13.5. The van der Waals surface area contributed by atoms with Crippen molar-refractivity contribution in [1.82, 2.24) is 10.4 Å². The van der Waals surface area contributed by atoms with E-state index in [4.69, 9.17) is 0 Å². The van der Waals surface area contributed by atoms with Gasteiger partial charge >= 0.3 is 0 Å². The number of rotatable bonds is 6. The zero-order chi connectivity index (χ0) is 21.8. The first-order valence-electron chi connectivity index (χ1n) is 10.3. The quantitative estimate of drug-likeness (QED) is 0.511. The third kappa shape index (κ3) is 5.77. The van der Waals surface area contributed by atoms with Crippen LogP contribution in [0.4, 0.5) is 0 Å². The van der Waals surface area contributed by atoms with Crippen LogP contribution in [0.25, 0.3) is 0 Å². The van der Waals surface area contributed by atoms with Crippen LogP contribution in [0.15, 0.2) is 42.5 Å². The fraction of sp³-hybridized carbons (Fsp3) is 0.440. The smallest absolute Gasteiger partial charge is 0.267 e. The van der Waals surface area contributed by atoms with Gasteiger partial charge in [0.2, 0.25) is 0 Å². The number of aryl methyl sites for hydroxylation is 3. The highest BCUT2D eigenvalue weighted by Crippen LogP contribution is 2.24. The highest BCUT2D eigenvalue weighted by molar-refractivity contribution is 6.10. The summed E-state index contributed by atoms with van der Waals surface area (Å²) in [7, 11) is 0. The van der Waals surface area contributed by atoms with Gasteiger partial charge in [-0.25, -0.2) is 10.4 Å². The fourth-order valence-electron chi connectivity index (χ4n) is 3.51. The van der Waals surface area contributed by atoms with Crippen LogP contribution in [0, 0.1) is 26.2 Å². The molecule has 0 spiro atoms. The first-order chi connectivity index (χ1) is 13.5. The number of hydrazine groups is 1. The Bertz CT molecular complexity index is 860. The second-order valence-corrected chi connectivity index (χ2v) is 8.97. The molecular formula is C25H34N2O2. The van der Waals surface area contributed by atoms with Crippen molar-refractivity contribution < 1.29 is 9.59 Å². The summed E-state index contributed by atoms with van der Waals surface area (Å²) < 4.78 is 0. The molecule has 156 valence electrons. The van der Waals surface area contributed by atoms with Gasteiger partial charge in [0.1, 0.15) is 0 Å². The van der Waals surface area contributed by atoms with Crippen LogP contribution in [-0.2, 0) is 0 Å². The van der Waals surface area contributed by atoms with E-state index >= 15 is 0 Å². The van der Waals surface area contributed by atoms with Crippen LogP contribution in [0.5, 0.6) is 0 Å². The minimum Gasteiger partial charge on any atom is -0.267 e. The number of hydrogen-bond acceptors (Lipinski definition) is 3. The largest absolute Gasteiger partial charge is 0.275 e. The Morgan fingerprint density at radius 1 is 0.966 bits per heavy atom. The fourth-order valence-corrected chi connectivity index (χ4v) is 3.51. The van der Waals surface area contributed by atoms with Gasteiger partial charge in [-0.3, -0.25) is 9.59 Å². The molecule has 0 saturated heterocycles.